The number of benzene rings is 1. The Morgan fingerprint density at radius 1 is 1.15 bits per heavy atom. The van der Waals surface area contributed by atoms with Gasteiger partial charge in [0.25, 0.3) is 0 Å². The highest BCUT2D eigenvalue weighted by atomic mass is 16.5. The van der Waals surface area contributed by atoms with Gasteiger partial charge in [-0.3, -0.25) is 0 Å². The van der Waals surface area contributed by atoms with Gasteiger partial charge in [-0.25, -0.2) is 4.79 Å². The molecule has 0 aromatic heterocycles. The summed E-state index contributed by atoms with van der Waals surface area (Å²) >= 11 is 0. The van der Waals surface area contributed by atoms with E-state index < -0.39 is 5.97 Å². The zero-order chi connectivity index (χ0) is 15.4. The fourth-order valence-corrected chi connectivity index (χ4v) is 2.58. The lowest BCUT2D eigenvalue weighted by Gasteiger charge is -2.33. The fourth-order valence-electron chi connectivity index (χ4n) is 2.58. The van der Waals surface area contributed by atoms with Crippen molar-refractivity contribution in [1.82, 2.24) is 0 Å². The van der Waals surface area contributed by atoms with Crippen LogP contribution < -0.4 is 4.74 Å². The molecule has 20 heavy (non-hydrogen) atoms. The average molecular weight is 276 g/mol. The fraction of sp³-hybridized carbons (Fsp3) is 0.471. The molecule has 0 aliphatic heterocycles. The lowest BCUT2D eigenvalue weighted by molar-refractivity contribution is -0.131. The first-order valence-electron chi connectivity index (χ1n) is 6.77. The van der Waals surface area contributed by atoms with Gasteiger partial charge in [0.15, 0.2) is 0 Å². The predicted octanol–water partition coefficient (Wildman–Crippen LogP) is 4.38. The third kappa shape index (κ3) is 5.47. The van der Waals surface area contributed by atoms with Crippen LogP contribution in [0.2, 0.25) is 0 Å². The van der Waals surface area contributed by atoms with Crippen LogP contribution in [0.1, 0.15) is 46.6 Å². The summed E-state index contributed by atoms with van der Waals surface area (Å²) < 4.78 is 5.22. The van der Waals surface area contributed by atoms with Gasteiger partial charge >= 0.3 is 5.97 Å². The highest BCUT2D eigenvalue weighted by molar-refractivity contribution is 5.79. The van der Waals surface area contributed by atoms with Gasteiger partial charge in [0.2, 0.25) is 0 Å². The van der Waals surface area contributed by atoms with Crippen LogP contribution in [0.25, 0.3) is 0 Å². The zero-order valence-corrected chi connectivity index (χ0v) is 12.9. The van der Waals surface area contributed by atoms with E-state index in [1.165, 1.54) is 11.8 Å². The molecule has 1 aromatic rings. The topological polar surface area (TPSA) is 46.5 Å². The molecule has 0 heterocycles. The summed E-state index contributed by atoms with van der Waals surface area (Å²) in [6.07, 6.45) is 3.23. The van der Waals surface area contributed by atoms with Gasteiger partial charge < -0.3 is 9.84 Å². The normalized spacial score (nSPS) is 12.7. The van der Waals surface area contributed by atoms with Crippen LogP contribution in [0, 0.1) is 5.41 Å². The molecule has 1 aromatic carbocycles. The third-order valence-electron chi connectivity index (χ3n) is 3.02. The first-order chi connectivity index (χ1) is 9.10. The Morgan fingerprint density at radius 2 is 1.70 bits per heavy atom. The van der Waals surface area contributed by atoms with Gasteiger partial charge in [-0.1, -0.05) is 46.8 Å². The Kier molecular flexibility index (Phi) is 4.98. The molecule has 3 nitrogen and oxygen atoms in total. The van der Waals surface area contributed by atoms with E-state index in [0.29, 0.717) is 5.75 Å². The second-order valence-corrected chi connectivity index (χ2v) is 6.90. The van der Waals surface area contributed by atoms with Crippen LogP contribution >= 0.6 is 0 Å². The van der Waals surface area contributed by atoms with E-state index in [2.05, 4.69) is 34.6 Å². The molecule has 0 spiro atoms. The van der Waals surface area contributed by atoms with E-state index >= 15 is 0 Å². The van der Waals surface area contributed by atoms with E-state index in [1.54, 1.807) is 0 Å². The summed E-state index contributed by atoms with van der Waals surface area (Å²) in [5.41, 5.74) is 1.61. The molecular formula is C17H24O3. The number of carbonyl (C=O) groups is 1. The van der Waals surface area contributed by atoms with Crippen LogP contribution in [-0.4, -0.2) is 11.1 Å². The van der Waals surface area contributed by atoms with E-state index in [1.807, 2.05) is 24.3 Å². The van der Waals surface area contributed by atoms with Gasteiger partial charge in [0, 0.05) is 0 Å². The van der Waals surface area contributed by atoms with Crippen LogP contribution in [-0.2, 0) is 10.2 Å². The molecule has 0 amide bonds. The molecule has 0 saturated heterocycles. The van der Waals surface area contributed by atoms with E-state index in [-0.39, 0.29) is 10.8 Å². The van der Waals surface area contributed by atoms with E-state index in [0.717, 1.165) is 12.5 Å². The summed E-state index contributed by atoms with van der Waals surface area (Å²) in [7, 11) is 0. The summed E-state index contributed by atoms with van der Waals surface area (Å²) in [4.78, 5) is 10.3. The van der Waals surface area contributed by atoms with Crippen LogP contribution in [0.5, 0.6) is 5.75 Å². The number of aliphatic carboxylic acids is 1. The minimum atomic E-state index is -1.02. The molecule has 1 N–H and O–H groups in total. The molecule has 0 atom stereocenters. The molecule has 0 aliphatic rings. The maximum absolute atomic E-state index is 10.3. The summed E-state index contributed by atoms with van der Waals surface area (Å²) in [5, 5.41) is 8.48. The number of ether oxygens (including phenoxy) is 1. The molecular weight excluding hydrogens is 252 g/mol. The Balaban J connectivity index is 2.78. The average Bonchev–Trinajstić information content (AvgIpc) is 2.26. The standard InChI is InChI=1S/C17H24O3/c1-16(2,3)12-17(4,5)13-6-8-14(9-7-13)20-11-10-15(18)19/h6-11H,12H2,1-5H3,(H,18,19). The van der Waals surface area contributed by atoms with Gasteiger partial charge in [-0.15, -0.1) is 0 Å². The lowest BCUT2D eigenvalue weighted by Crippen LogP contribution is -2.24. The molecule has 0 fully saturated rings. The monoisotopic (exact) mass is 276 g/mol. The van der Waals surface area contributed by atoms with Crippen molar-refractivity contribution >= 4 is 5.97 Å². The van der Waals surface area contributed by atoms with Crippen molar-refractivity contribution in [2.24, 2.45) is 5.41 Å². The molecule has 0 radical (unpaired) electrons. The first kappa shape index (κ1) is 16.3. The maximum atomic E-state index is 10.3. The lowest BCUT2D eigenvalue weighted by atomic mass is 9.72. The van der Waals surface area contributed by atoms with Crippen molar-refractivity contribution in [3.05, 3.63) is 42.2 Å². The Bertz CT molecular complexity index is 476. The molecule has 0 saturated carbocycles. The molecule has 0 unspecified atom stereocenters. The highest BCUT2D eigenvalue weighted by Crippen LogP contribution is 2.36. The zero-order valence-electron chi connectivity index (χ0n) is 12.9. The minimum Gasteiger partial charge on any atom is -0.478 e. The summed E-state index contributed by atoms with van der Waals surface area (Å²) in [6, 6.07) is 7.81. The minimum absolute atomic E-state index is 0.0910. The summed E-state index contributed by atoms with van der Waals surface area (Å²) in [6.45, 7) is 11.2. The highest BCUT2D eigenvalue weighted by Gasteiger charge is 2.27. The van der Waals surface area contributed by atoms with Gasteiger partial charge in [-0.2, -0.15) is 0 Å². The molecule has 0 aliphatic carbocycles. The van der Waals surface area contributed by atoms with E-state index in [9.17, 15) is 4.79 Å². The van der Waals surface area contributed by atoms with Crippen LogP contribution in [0.3, 0.4) is 0 Å². The quantitative estimate of drug-likeness (QED) is 0.641. The first-order valence-corrected chi connectivity index (χ1v) is 6.77. The Hall–Kier alpha value is -1.77. The van der Waals surface area contributed by atoms with Gasteiger partial charge in [-0.05, 0) is 34.9 Å². The molecule has 1 rings (SSSR count). The van der Waals surface area contributed by atoms with Crippen molar-refractivity contribution in [2.45, 2.75) is 46.5 Å². The van der Waals surface area contributed by atoms with Crippen molar-refractivity contribution < 1.29 is 14.6 Å². The SMILES string of the molecule is CC(C)(C)CC(C)(C)c1ccc(OC=CC(=O)O)cc1. The number of hydrogen-bond acceptors (Lipinski definition) is 2. The summed E-state index contributed by atoms with van der Waals surface area (Å²) in [5.74, 6) is -0.384. The number of carboxylic acid groups (broad SMARTS) is 1. The van der Waals surface area contributed by atoms with E-state index in [4.69, 9.17) is 9.84 Å². The van der Waals surface area contributed by atoms with Crippen LogP contribution in [0.4, 0.5) is 0 Å². The van der Waals surface area contributed by atoms with Gasteiger partial charge in [0.1, 0.15) is 5.75 Å². The van der Waals surface area contributed by atoms with Gasteiger partial charge in [0.05, 0.1) is 12.3 Å². The largest absolute Gasteiger partial charge is 0.478 e. The second kappa shape index (κ2) is 6.12. The molecule has 0 bridgehead atoms. The molecule has 3 heteroatoms. The van der Waals surface area contributed by atoms with Crippen molar-refractivity contribution in [3.63, 3.8) is 0 Å². The third-order valence-corrected chi connectivity index (χ3v) is 3.02. The van der Waals surface area contributed by atoms with Crippen molar-refractivity contribution in [2.75, 3.05) is 0 Å². The maximum Gasteiger partial charge on any atom is 0.331 e. The molecule has 110 valence electrons. The van der Waals surface area contributed by atoms with Crippen molar-refractivity contribution in [1.29, 1.82) is 0 Å². The second-order valence-electron chi connectivity index (χ2n) is 6.90. The number of carboxylic acids is 1. The number of hydrogen-bond donors (Lipinski definition) is 1. The Morgan fingerprint density at radius 3 is 2.15 bits per heavy atom. The smallest absolute Gasteiger partial charge is 0.331 e. The Labute approximate surface area is 121 Å². The predicted molar refractivity (Wildman–Crippen MR) is 80.9 cm³/mol. The number of rotatable bonds is 5. The van der Waals surface area contributed by atoms with Crippen LogP contribution in [0.15, 0.2) is 36.6 Å². The van der Waals surface area contributed by atoms with Crippen molar-refractivity contribution in [3.8, 4) is 5.75 Å².